The Morgan fingerprint density at radius 2 is 1.84 bits per heavy atom. The summed E-state index contributed by atoms with van der Waals surface area (Å²) in [6, 6.07) is 15.4. The molecule has 2 aromatic carbocycles. The van der Waals surface area contributed by atoms with Crippen LogP contribution < -0.4 is 5.32 Å². The van der Waals surface area contributed by atoms with Crippen LogP contribution in [-0.2, 0) is 0 Å². The van der Waals surface area contributed by atoms with Crippen LogP contribution in [0.1, 0.15) is 17.3 Å². The van der Waals surface area contributed by atoms with Gasteiger partial charge in [-0.2, -0.15) is 0 Å². The van der Waals surface area contributed by atoms with Gasteiger partial charge in [-0.1, -0.05) is 19.1 Å². The van der Waals surface area contributed by atoms with Crippen molar-refractivity contribution in [1.29, 1.82) is 0 Å². The number of para-hydroxylation sites is 1. The number of anilines is 1. The number of rotatable bonds is 4. The fourth-order valence-electron chi connectivity index (χ4n) is 1.65. The predicted molar refractivity (Wildman–Crippen MR) is 90.0 cm³/mol. The van der Waals surface area contributed by atoms with Crippen molar-refractivity contribution in [2.45, 2.75) is 11.8 Å². The van der Waals surface area contributed by atoms with Crippen molar-refractivity contribution in [2.75, 3.05) is 11.1 Å². The lowest BCUT2D eigenvalue weighted by Gasteiger charge is -2.10. The molecule has 98 valence electrons. The molecular formula is C15H14INOS. The highest BCUT2D eigenvalue weighted by Gasteiger charge is 2.08. The van der Waals surface area contributed by atoms with Gasteiger partial charge in [0.2, 0.25) is 0 Å². The monoisotopic (exact) mass is 383 g/mol. The molecule has 0 aliphatic rings. The summed E-state index contributed by atoms with van der Waals surface area (Å²) in [4.78, 5) is 13.3. The number of nitrogens with one attached hydrogen (secondary N) is 1. The van der Waals surface area contributed by atoms with E-state index in [-0.39, 0.29) is 5.91 Å². The topological polar surface area (TPSA) is 29.1 Å². The van der Waals surface area contributed by atoms with Crippen LogP contribution in [0.2, 0.25) is 0 Å². The lowest BCUT2D eigenvalue weighted by Crippen LogP contribution is -2.12. The summed E-state index contributed by atoms with van der Waals surface area (Å²) >= 11 is 3.95. The van der Waals surface area contributed by atoms with Crippen LogP contribution in [0.15, 0.2) is 53.4 Å². The van der Waals surface area contributed by atoms with E-state index >= 15 is 0 Å². The van der Waals surface area contributed by atoms with E-state index in [1.54, 1.807) is 11.8 Å². The molecule has 0 aliphatic carbocycles. The van der Waals surface area contributed by atoms with Crippen LogP contribution in [0, 0.1) is 3.57 Å². The third kappa shape index (κ3) is 3.98. The fraction of sp³-hybridized carbons (Fsp3) is 0.133. The van der Waals surface area contributed by atoms with Gasteiger partial charge in [0.25, 0.3) is 5.91 Å². The molecular weight excluding hydrogens is 369 g/mol. The molecule has 2 nitrogen and oxygen atoms in total. The first kappa shape index (κ1) is 14.4. The number of thioether (sulfide) groups is 1. The van der Waals surface area contributed by atoms with Crippen LogP contribution >= 0.6 is 34.4 Å². The van der Waals surface area contributed by atoms with Gasteiger partial charge in [-0.05, 0) is 64.7 Å². The molecule has 0 heterocycles. The van der Waals surface area contributed by atoms with Crippen molar-refractivity contribution in [3.05, 3.63) is 57.7 Å². The number of amides is 1. The molecule has 0 radical (unpaired) electrons. The summed E-state index contributed by atoms with van der Waals surface area (Å²) in [5, 5.41) is 2.97. The largest absolute Gasteiger partial charge is 0.321 e. The molecule has 0 bridgehead atoms. The molecule has 0 unspecified atom stereocenters. The predicted octanol–water partition coefficient (Wildman–Crippen LogP) is 4.66. The van der Waals surface area contributed by atoms with Crippen molar-refractivity contribution >= 4 is 45.9 Å². The van der Waals surface area contributed by atoms with Crippen molar-refractivity contribution in [3.8, 4) is 0 Å². The molecule has 2 aromatic rings. The molecule has 0 saturated carbocycles. The summed E-state index contributed by atoms with van der Waals surface area (Å²) in [6.45, 7) is 2.10. The van der Waals surface area contributed by atoms with E-state index in [1.807, 2.05) is 48.5 Å². The van der Waals surface area contributed by atoms with E-state index in [0.717, 1.165) is 19.9 Å². The summed E-state index contributed by atoms with van der Waals surface area (Å²) in [5.41, 5.74) is 1.55. The number of halogens is 1. The highest BCUT2D eigenvalue weighted by molar-refractivity contribution is 14.1. The molecule has 1 amide bonds. The number of benzene rings is 2. The first-order valence-electron chi connectivity index (χ1n) is 5.99. The second kappa shape index (κ2) is 6.96. The number of carbonyl (C=O) groups is 1. The molecule has 0 spiro atoms. The molecule has 0 saturated heterocycles. The quantitative estimate of drug-likeness (QED) is 0.615. The maximum absolute atomic E-state index is 12.2. The highest BCUT2D eigenvalue weighted by Crippen LogP contribution is 2.27. The number of carbonyl (C=O) groups excluding carboxylic acids is 1. The fourth-order valence-corrected chi connectivity index (χ4v) is 2.77. The van der Waals surface area contributed by atoms with Gasteiger partial charge in [-0.3, -0.25) is 4.79 Å². The molecule has 4 heteroatoms. The summed E-state index contributed by atoms with van der Waals surface area (Å²) in [7, 11) is 0. The van der Waals surface area contributed by atoms with Crippen LogP contribution in [0.4, 0.5) is 5.69 Å². The van der Waals surface area contributed by atoms with Crippen LogP contribution in [0.25, 0.3) is 0 Å². The minimum absolute atomic E-state index is 0.0689. The molecule has 0 fully saturated rings. The Bertz CT molecular complexity index is 569. The first-order chi connectivity index (χ1) is 9.20. The zero-order chi connectivity index (χ0) is 13.7. The van der Waals surface area contributed by atoms with Crippen molar-refractivity contribution in [3.63, 3.8) is 0 Å². The van der Waals surface area contributed by atoms with Gasteiger partial charge in [-0.15, -0.1) is 11.8 Å². The van der Waals surface area contributed by atoms with Crippen molar-refractivity contribution < 1.29 is 4.79 Å². The van der Waals surface area contributed by atoms with Gasteiger partial charge in [-0.25, -0.2) is 0 Å². The summed E-state index contributed by atoms with van der Waals surface area (Å²) in [5.74, 6) is 0.914. The maximum atomic E-state index is 12.2. The van der Waals surface area contributed by atoms with Crippen LogP contribution in [0.3, 0.4) is 0 Å². The normalized spacial score (nSPS) is 10.2. The number of hydrogen-bond acceptors (Lipinski definition) is 2. The zero-order valence-electron chi connectivity index (χ0n) is 10.5. The van der Waals surface area contributed by atoms with Crippen molar-refractivity contribution in [2.24, 2.45) is 0 Å². The Morgan fingerprint density at radius 1 is 1.16 bits per heavy atom. The third-order valence-corrected chi connectivity index (χ3v) is 4.22. The standard InChI is InChI=1S/C15H14INOS/c1-2-19-14-6-4-3-5-13(14)17-15(18)11-7-9-12(16)10-8-11/h3-10H,2H2,1H3,(H,17,18). The van der Waals surface area contributed by atoms with E-state index in [1.165, 1.54) is 0 Å². The first-order valence-corrected chi connectivity index (χ1v) is 8.06. The average Bonchev–Trinajstić information content (AvgIpc) is 2.42. The molecule has 1 N–H and O–H groups in total. The Balaban J connectivity index is 2.16. The van der Waals surface area contributed by atoms with Crippen LogP contribution in [-0.4, -0.2) is 11.7 Å². The molecule has 19 heavy (non-hydrogen) atoms. The van der Waals surface area contributed by atoms with Gasteiger partial charge in [0, 0.05) is 14.0 Å². The van der Waals surface area contributed by atoms with Gasteiger partial charge in [0.05, 0.1) is 5.69 Å². The van der Waals surface area contributed by atoms with Crippen LogP contribution in [0.5, 0.6) is 0 Å². The van der Waals surface area contributed by atoms with Gasteiger partial charge >= 0.3 is 0 Å². The Morgan fingerprint density at radius 3 is 2.53 bits per heavy atom. The Hall–Kier alpha value is -1.01. The summed E-state index contributed by atoms with van der Waals surface area (Å²) < 4.78 is 1.12. The molecule has 0 aromatic heterocycles. The lowest BCUT2D eigenvalue weighted by atomic mass is 10.2. The minimum Gasteiger partial charge on any atom is -0.321 e. The average molecular weight is 383 g/mol. The van der Waals surface area contributed by atoms with E-state index in [4.69, 9.17) is 0 Å². The number of hydrogen-bond donors (Lipinski definition) is 1. The van der Waals surface area contributed by atoms with E-state index < -0.39 is 0 Å². The van der Waals surface area contributed by atoms with E-state index in [2.05, 4.69) is 34.8 Å². The Kier molecular flexibility index (Phi) is 5.27. The SMILES string of the molecule is CCSc1ccccc1NC(=O)c1ccc(I)cc1. The minimum atomic E-state index is -0.0689. The van der Waals surface area contributed by atoms with Gasteiger partial charge in [0.15, 0.2) is 0 Å². The molecule has 2 rings (SSSR count). The Labute approximate surface area is 131 Å². The third-order valence-electron chi connectivity index (χ3n) is 2.54. The highest BCUT2D eigenvalue weighted by atomic mass is 127. The van der Waals surface area contributed by atoms with E-state index in [9.17, 15) is 4.79 Å². The molecule has 0 atom stereocenters. The second-order valence-electron chi connectivity index (χ2n) is 3.89. The molecule has 0 aliphatic heterocycles. The lowest BCUT2D eigenvalue weighted by molar-refractivity contribution is 0.102. The smallest absolute Gasteiger partial charge is 0.255 e. The van der Waals surface area contributed by atoms with Gasteiger partial charge in [0.1, 0.15) is 0 Å². The van der Waals surface area contributed by atoms with Crippen molar-refractivity contribution in [1.82, 2.24) is 0 Å². The van der Waals surface area contributed by atoms with Gasteiger partial charge < -0.3 is 5.32 Å². The summed E-state index contributed by atoms with van der Waals surface area (Å²) in [6.07, 6.45) is 0. The van der Waals surface area contributed by atoms with E-state index in [0.29, 0.717) is 5.56 Å². The zero-order valence-corrected chi connectivity index (χ0v) is 13.5. The maximum Gasteiger partial charge on any atom is 0.255 e. The second-order valence-corrected chi connectivity index (χ2v) is 6.44.